The minimum Gasteiger partial charge on any atom is -0.393 e. The molecule has 1 saturated heterocycles. The van der Waals surface area contributed by atoms with Crippen LogP contribution < -0.4 is 0 Å². The summed E-state index contributed by atoms with van der Waals surface area (Å²) in [7, 11) is 0. The largest absolute Gasteiger partial charge is 0.393 e. The van der Waals surface area contributed by atoms with E-state index in [1.54, 1.807) is 0 Å². The molecule has 3 heteroatoms. The SMILES string of the molecule is O[C@@H]1[C@H]2[C@H]3[C@@H]4C[C@@H]5[C@H]3[C@@H]2C2(OCCO2)[C@H]5[C@@H]14. The van der Waals surface area contributed by atoms with E-state index < -0.39 is 0 Å². The summed E-state index contributed by atoms with van der Waals surface area (Å²) >= 11 is 0. The van der Waals surface area contributed by atoms with Crippen LogP contribution in [-0.4, -0.2) is 30.2 Å². The summed E-state index contributed by atoms with van der Waals surface area (Å²) in [5.41, 5.74) is 0. The van der Waals surface area contributed by atoms with Crippen molar-refractivity contribution in [2.75, 3.05) is 13.2 Å². The fourth-order valence-corrected chi connectivity index (χ4v) is 7.27. The Labute approximate surface area is 94.1 Å². The van der Waals surface area contributed by atoms with Gasteiger partial charge in [0.2, 0.25) is 0 Å². The van der Waals surface area contributed by atoms with Crippen LogP contribution in [0.25, 0.3) is 0 Å². The molecule has 3 nitrogen and oxygen atoms in total. The van der Waals surface area contributed by atoms with E-state index in [4.69, 9.17) is 9.47 Å². The van der Waals surface area contributed by atoms with Crippen LogP contribution in [0.15, 0.2) is 0 Å². The molecule has 9 atom stereocenters. The first-order valence-corrected chi connectivity index (χ1v) is 6.80. The van der Waals surface area contributed by atoms with Crippen molar-refractivity contribution in [1.29, 1.82) is 0 Å². The van der Waals surface area contributed by atoms with Crippen molar-refractivity contribution in [3.63, 3.8) is 0 Å². The molecule has 0 aromatic heterocycles. The van der Waals surface area contributed by atoms with Gasteiger partial charge >= 0.3 is 0 Å². The average Bonchev–Trinajstić information content (AvgIpc) is 2.87. The van der Waals surface area contributed by atoms with Gasteiger partial charge in [-0.05, 0) is 41.9 Å². The third kappa shape index (κ3) is 0.485. The van der Waals surface area contributed by atoms with Crippen LogP contribution in [-0.2, 0) is 9.47 Å². The van der Waals surface area contributed by atoms with Crippen molar-refractivity contribution in [2.24, 2.45) is 47.3 Å². The van der Waals surface area contributed by atoms with E-state index >= 15 is 0 Å². The van der Waals surface area contributed by atoms with Crippen molar-refractivity contribution < 1.29 is 14.6 Å². The zero-order chi connectivity index (χ0) is 10.2. The summed E-state index contributed by atoms with van der Waals surface area (Å²) < 4.78 is 12.2. The zero-order valence-electron chi connectivity index (χ0n) is 9.08. The van der Waals surface area contributed by atoms with E-state index in [0.29, 0.717) is 23.7 Å². The Bertz CT molecular complexity index is 402. The normalized spacial score (nSPS) is 74.4. The predicted molar refractivity (Wildman–Crippen MR) is 53.2 cm³/mol. The first-order chi connectivity index (χ1) is 7.84. The number of fused-ring (bicyclic) bond motifs is 4. The smallest absolute Gasteiger partial charge is 0.175 e. The summed E-state index contributed by atoms with van der Waals surface area (Å²) in [6.07, 6.45) is 1.34. The molecule has 1 aliphatic heterocycles. The van der Waals surface area contributed by atoms with Crippen LogP contribution >= 0.6 is 0 Å². The lowest BCUT2D eigenvalue weighted by molar-refractivity contribution is -0.277. The molecule has 1 spiro atoms. The van der Waals surface area contributed by atoms with Crippen molar-refractivity contribution in [1.82, 2.24) is 0 Å². The van der Waals surface area contributed by atoms with Crippen LogP contribution in [0, 0.1) is 47.3 Å². The molecule has 0 unspecified atom stereocenters. The molecule has 6 aliphatic rings. The Hall–Kier alpha value is -0.120. The highest BCUT2D eigenvalue weighted by molar-refractivity contribution is 5.33. The first kappa shape index (κ1) is 8.06. The molecule has 5 aliphatic carbocycles. The predicted octanol–water partition coefficient (Wildman–Crippen LogP) is 0.478. The average molecular weight is 220 g/mol. The van der Waals surface area contributed by atoms with Crippen molar-refractivity contribution in [2.45, 2.75) is 18.3 Å². The zero-order valence-corrected chi connectivity index (χ0v) is 9.08. The molecule has 0 aromatic rings. The first-order valence-electron chi connectivity index (χ1n) is 6.80. The second-order valence-corrected chi connectivity index (χ2v) is 6.83. The highest BCUT2D eigenvalue weighted by atomic mass is 16.7. The number of rotatable bonds is 0. The maximum Gasteiger partial charge on any atom is 0.175 e. The van der Waals surface area contributed by atoms with Gasteiger partial charge in [-0.25, -0.2) is 0 Å². The summed E-state index contributed by atoms with van der Waals surface area (Å²) in [5, 5.41) is 10.4. The van der Waals surface area contributed by atoms with Gasteiger partial charge in [0.05, 0.1) is 19.3 Å². The van der Waals surface area contributed by atoms with Gasteiger partial charge in [-0.15, -0.1) is 0 Å². The van der Waals surface area contributed by atoms with Crippen LogP contribution in [0.4, 0.5) is 0 Å². The van der Waals surface area contributed by atoms with Gasteiger partial charge in [0, 0.05) is 11.8 Å². The van der Waals surface area contributed by atoms with Gasteiger partial charge in [0.1, 0.15) is 0 Å². The standard InChI is InChI=1S/C13H16O3/c14-12-8-4-3-5-7-6(4)9(12)11(7)13(10(5)8)15-1-2-16-13/h4-12,14H,1-3H2/t4-,5+,6-,7+,8-,9-,10+,11-,12-/m0/s1. The second kappa shape index (κ2) is 2.00. The fourth-order valence-electron chi connectivity index (χ4n) is 7.27. The number of aliphatic hydroxyl groups excluding tert-OH is 1. The molecule has 0 aromatic carbocycles. The molecule has 86 valence electrons. The van der Waals surface area contributed by atoms with Crippen LogP contribution in [0.3, 0.4) is 0 Å². The van der Waals surface area contributed by atoms with Crippen molar-refractivity contribution >= 4 is 0 Å². The number of hydrogen-bond acceptors (Lipinski definition) is 3. The Morgan fingerprint density at radius 3 is 2.50 bits per heavy atom. The van der Waals surface area contributed by atoms with E-state index in [9.17, 15) is 5.11 Å². The van der Waals surface area contributed by atoms with E-state index in [1.165, 1.54) is 6.42 Å². The van der Waals surface area contributed by atoms with E-state index in [-0.39, 0.29) is 11.9 Å². The minimum absolute atomic E-state index is 0.0211. The number of ether oxygens (including phenoxy) is 2. The van der Waals surface area contributed by atoms with Gasteiger partial charge in [-0.2, -0.15) is 0 Å². The fraction of sp³-hybridized carbons (Fsp3) is 1.00. The Kier molecular flexibility index (Phi) is 1.01. The Morgan fingerprint density at radius 1 is 0.875 bits per heavy atom. The summed E-state index contributed by atoms with van der Waals surface area (Å²) in [6, 6.07) is 0. The van der Waals surface area contributed by atoms with Crippen LogP contribution in [0.1, 0.15) is 6.42 Å². The summed E-state index contributed by atoms with van der Waals surface area (Å²) in [5.74, 6) is 5.26. The molecule has 1 N–H and O–H groups in total. The quantitative estimate of drug-likeness (QED) is 0.645. The lowest BCUT2D eigenvalue weighted by atomic mass is 9.57. The summed E-state index contributed by atoms with van der Waals surface area (Å²) in [4.78, 5) is 0. The minimum atomic E-state index is -0.231. The molecule has 2 bridgehead atoms. The second-order valence-electron chi connectivity index (χ2n) is 6.83. The molecular formula is C13H16O3. The third-order valence-corrected chi connectivity index (χ3v) is 7.08. The number of aliphatic hydroxyl groups is 1. The van der Waals surface area contributed by atoms with Gasteiger partial charge in [-0.3, -0.25) is 0 Å². The maximum atomic E-state index is 10.4. The Balaban J connectivity index is 1.64. The topological polar surface area (TPSA) is 38.7 Å². The highest BCUT2D eigenvalue weighted by Gasteiger charge is 2.89. The van der Waals surface area contributed by atoms with Crippen LogP contribution in [0.5, 0.6) is 0 Å². The van der Waals surface area contributed by atoms with E-state index in [1.807, 2.05) is 0 Å². The molecular weight excluding hydrogens is 204 g/mol. The molecule has 5 saturated carbocycles. The molecule has 0 amide bonds. The van der Waals surface area contributed by atoms with Crippen LogP contribution in [0.2, 0.25) is 0 Å². The molecule has 6 fully saturated rings. The molecule has 0 radical (unpaired) electrons. The number of hydrogen-bond donors (Lipinski definition) is 1. The molecule has 16 heavy (non-hydrogen) atoms. The van der Waals surface area contributed by atoms with E-state index in [2.05, 4.69) is 0 Å². The monoisotopic (exact) mass is 220 g/mol. The lowest BCUT2D eigenvalue weighted by Crippen LogP contribution is -2.59. The molecule has 1 heterocycles. The maximum absolute atomic E-state index is 10.4. The van der Waals surface area contributed by atoms with Gasteiger partial charge in [-0.1, -0.05) is 0 Å². The van der Waals surface area contributed by atoms with Crippen molar-refractivity contribution in [3.05, 3.63) is 0 Å². The Morgan fingerprint density at radius 2 is 1.69 bits per heavy atom. The van der Waals surface area contributed by atoms with Gasteiger partial charge in [0.25, 0.3) is 0 Å². The molecule has 6 rings (SSSR count). The van der Waals surface area contributed by atoms with Gasteiger partial charge < -0.3 is 14.6 Å². The third-order valence-electron chi connectivity index (χ3n) is 7.08. The summed E-state index contributed by atoms with van der Waals surface area (Å²) in [6.45, 7) is 1.55. The van der Waals surface area contributed by atoms with Crippen molar-refractivity contribution in [3.8, 4) is 0 Å². The highest BCUT2D eigenvalue weighted by Crippen LogP contribution is 2.86. The lowest BCUT2D eigenvalue weighted by Gasteiger charge is -2.52. The van der Waals surface area contributed by atoms with Gasteiger partial charge in [0.15, 0.2) is 5.79 Å². The van der Waals surface area contributed by atoms with E-state index in [0.717, 1.165) is 36.9 Å².